The summed E-state index contributed by atoms with van der Waals surface area (Å²) in [5.74, 6) is 0.349. The molecule has 18 heavy (non-hydrogen) atoms. The van der Waals surface area contributed by atoms with Gasteiger partial charge >= 0.3 is 0 Å². The van der Waals surface area contributed by atoms with Crippen molar-refractivity contribution in [2.75, 3.05) is 6.61 Å². The summed E-state index contributed by atoms with van der Waals surface area (Å²) in [4.78, 5) is 10.6. The Labute approximate surface area is 116 Å². The fraction of sp³-hybridized carbons (Fsp3) is 0.462. The van der Waals surface area contributed by atoms with Crippen LogP contribution in [-0.4, -0.2) is 18.6 Å². The highest BCUT2D eigenvalue weighted by Gasteiger charge is 2.06. The van der Waals surface area contributed by atoms with E-state index in [1.807, 2.05) is 18.2 Å². The van der Waals surface area contributed by atoms with Gasteiger partial charge in [0.05, 0.1) is 17.5 Å². The molecule has 0 radical (unpaired) electrons. The Balaban J connectivity index is 2.59. The van der Waals surface area contributed by atoms with E-state index < -0.39 is 0 Å². The molecule has 100 valence electrons. The Kier molecular flexibility index (Phi) is 6.15. The number of nitrogens with two attached hydrogens (primary N) is 2. The van der Waals surface area contributed by atoms with Gasteiger partial charge in [-0.15, -0.1) is 0 Å². The molecule has 0 aliphatic carbocycles. The molecule has 1 aromatic rings. The second-order valence-corrected chi connectivity index (χ2v) is 5.06. The lowest BCUT2D eigenvalue weighted by molar-refractivity contribution is -0.118. The lowest BCUT2D eigenvalue weighted by Gasteiger charge is -2.11. The van der Waals surface area contributed by atoms with Crippen LogP contribution < -0.4 is 16.2 Å². The van der Waals surface area contributed by atoms with Gasteiger partial charge in [0.25, 0.3) is 0 Å². The van der Waals surface area contributed by atoms with Crippen LogP contribution in [0.1, 0.15) is 25.3 Å². The molecule has 0 aromatic heterocycles. The number of rotatable bonds is 7. The van der Waals surface area contributed by atoms with Gasteiger partial charge in [0, 0.05) is 6.04 Å². The number of carbonyl (C=O) groups is 1. The molecule has 0 fully saturated rings. The van der Waals surface area contributed by atoms with Crippen LogP contribution in [0.5, 0.6) is 5.75 Å². The average Bonchev–Trinajstić information content (AvgIpc) is 2.31. The maximum Gasteiger partial charge on any atom is 0.220 e. The van der Waals surface area contributed by atoms with Gasteiger partial charge in [0.1, 0.15) is 5.75 Å². The molecule has 0 heterocycles. The highest BCUT2D eigenvalue weighted by atomic mass is 79.9. The average molecular weight is 315 g/mol. The van der Waals surface area contributed by atoms with E-state index in [-0.39, 0.29) is 18.4 Å². The van der Waals surface area contributed by atoms with Gasteiger partial charge in [0.15, 0.2) is 0 Å². The van der Waals surface area contributed by atoms with Crippen LogP contribution in [0, 0.1) is 0 Å². The number of hydrogen-bond donors (Lipinski definition) is 2. The maximum absolute atomic E-state index is 10.6. The summed E-state index contributed by atoms with van der Waals surface area (Å²) in [6.07, 6.45) is 2.01. The standard InChI is InChI=1S/C13H19BrN2O2/c1-2-10(15)7-9-3-4-12(11(14)8-9)18-6-5-13(16)17/h3-4,8,10H,2,5-7,15H2,1H3,(H2,16,17). The molecule has 4 nitrogen and oxygen atoms in total. The molecule has 4 N–H and O–H groups in total. The minimum Gasteiger partial charge on any atom is -0.492 e. The van der Waals surface area contributed by atoms with Gasteiger partial charge in [-0.25, -0.2) is 0 Å². The summed E-state index contributed by atoms with van der Waals surface area (Å²) in [7, 11) is 0. The van der Waals surface area contributed by atoms with Crippen molar-refractivity contribution in [1.29, 1.82) is 0 Å². The van der Waals surface area contributed by atoms with Gasteiger partial charge < -0.3 is 16.2 Å². The highest BCUT2D eigenvalue weighted by molar-refractivity contribution is 9.10. The normalized spacial score (nSPS) is 12.2. The third-order valence-corrected chi connectivity index (χ3v) is 3.24. The van der Waals surface area contributed by atoms with Crippen molar-refractivity contribution in [2.24, 2.45) is 11.5 Å². The largest absolute Gasteiger partial charge is 0.492 e. The number of benzene rings is 1. The van der Waals surface area contributed by atoms with Crippen LogP contribution >= 0.6 is 15.9 Å². The zero-order valence-electron chi connectivity index (χ0n) is 10.5. The van der Waals surface area contributed by atoms with Crippen molar-refractivity contribution < 1.29 is 9.53 Å². The topological polar surface area (TPSA) is 78.3 Å². The lowest BCUT2D eigenvalue weighted by Crippen LogP contribution is -2.21. The summed E-state index contributed by atoms with van der Waals surface area (Å²) in [5.41, 5.74) is 12.1. The number of amides is 1. The zero-order chi connectivity index (χ0) is 13.5. The van der Waals surface area contributed by atoms with E-state index in [4.69, 9.17) is 16.2 Å². The second kappa shape index (κ2) is 7.38. The van der Waals surface area contributed by atoms with Gasteiger partial charge in [-0.1, -0.05) is 13.0 Å². The Bertz CT molecular complexity index is 410. The molecule has 5 heteroatoms. The van der Waals surface area contributed by atoms with Crippen molar-refractivity contribution in [2.45, 2.75) is 32.2 Å². The van der Waals surface area contributed by atoms with Crippen molar-refractivity contribution in [3.05, 3.63) is 28.2 Å². The van der Waals surface area contributed by atoms with Crippen LogP contribution in [0.15, 0.2) is 22.7 Å². The first kappa shape index (κ1) is 15.0. The number of carbonyl (C=O) groups excluding carboxylic acids is 1. The summed E-state index contributed by atoms with van der Waals surface area (Å²) >= 11 is 3.44. The molecule has 1 aromatic carbocycles. The molecule has 0 bridgehead atoms. The lowest BCUT2D eigenvalue weighted by atomic mass is 10.0. The summed E-state index contributed by atoms with van der Waals surface area (Å²) in [6, 6.07) is 6.04. The smallest absolute Gasteiger partial charge is 0.220 e. The fourth-order valence-electron chi connectivity index (χ4n) is 1.50. The second-order valence-electron chi connectivity index (χ2n) is 4.20. The molecular formula is C13H19BrN2O2. The minimum atomic E-state index is -0.364. The van der Waals surface area contributed by atoms with Gasteiger partial charge in [-0.05, 0) is 46.5 Å². The quantitative estimate of drug-likeness (QED) is 0.807. The number of hydrogen-bond acceptors (Lipinski definition) is 3. The van der Waals surface area contributed by atoms with Crippen molar-refractivity contribution in [3.8, 4) is 5.75 Å². The van der Waals surface area contributed by atoms with E-state index >= 15 is 0 Å². The Morgan fingerprint density at radius 1 is 1.50 bits per heavy atom. The Morgan fingerprint density at radius 2 is 2.22 bits per heavy atom. The van der Waals surface area contributed by atoms with Crippen LogP contribution in [0.3, 0.4) is 0 Å². The van der Waals surface area contributed by atoms with Crippen LogP contribution in [0.4, 0.5) is 0 Å². The summed E-state index contributed by atoms with van der Waals surface area (Å²) in [6.45, 7) is 2.36. The molecule has 0 saturated carbocycles. The summed E-state index contributed by atoms with van der Waals surface area (Å²) in [5, 5.41) is 0. The maximum atomic E-state index is 10.6. The third kappa shape index (κ3) is 5.06. The van der Waals surface area contributed by atoms with E-state index in [0.29, 0.717) is 12.4 Å². The van der Waals surface area contributed by atoms with Crippen LogP contribution in [0.25, 0.3) is 0 Å². The molecular weight excluding hydrogens is 296 g/mol. The Morgan fingerprint density at radius 3 is 2.78 bits per heavy atom. The van der Waals surface area contributed by atoms with Crippen LogP contribution in [0.2, 0.25) is 0 Å². The molecule has 0 aliphatic heterocycles. The number of halogens is 1. The first-order valence-corrected chi connectivity index (χ1v) is 6.77. The minimum absolute atomic E-state index is 0.179. The summed E-state index contributed by atoms with van der Waals surface area (Å²) < 4.78 is 6.32. The fourth-order valence-corrected chi connectivity index (χ4v) is 2.04. The molecule has 0 spiro atoms. The third-order valence-electron chi connectivity index (χ3n) is 2.62. The van der Waals surface area contributed by atoms with E-state index in [0.717, 1.165) is 17.3 Å². The van der Waals surface area contributed by atoms with Crippen molar-refractivity contribution >= 4 is 21.8 Å². The van der Waals surface area contributed by atoms with E-state index in [1.165, 1.54) is 5.56 Å². The predicted molar refractivity (Wildman–Crippen MR) is 75.4 cm³/mol. The monoisotopic (exact) mass is 314 g/mol. The van der Waals surface area contributed by atoms with Gasteiger partial charge in [-0.2, -0.15) is 0 Å². The molecule has 0 saturated heterocycles. The first-order valence-electron chi connectivity index (χ1n) is 5.98. The predicted octanol–water partition coefficient (Wildman–Crippen LogP) is 1.98. The first-order chi connectivity index (χ1) is 8.52. The Hall–Kier alpha value is -1.07. The van der Waals surface area contributed by atoms with E-state index in [2.05, 4.69) is 22.9 Å². The highest BCUT2D eigenvalue weighted by Crippen LogP contribution is 2.26. The number of ether oxygens (including phenoxy) is 1. The molecule has 0 aliphatic rings. The van der Waals surface area contributed by atoms with Crippen LogP contribution in [-0.2, 0) is 11.2 Å². The number of primary amides is 1. The molecule has 1 atom stereocenters. The van der Waals surface area contributed by atoms with E-state index in [1.54, 1.807) is 0 Å². The van der Waals surface area contributed by atoms with Crippen molar-refractivity contribution in [1.82, 2.24) is 0 Å². The van der Waals surface area contributed by atoms with E-state index in [9.17, 15) is 4.79 Å². The molecule has 1 amide bonds. The van der Waals surface area contributed by atoms with Gasteiger partial charge in [-0.3, -0.25) is 4.79 Å². The van der Waals surface area contributed by atoms with Gasteiger partial charge in [0.2, 0.25) is 5.91 Å². The zero-order valence-corrected chi connectivity index (χ0v) is 12.1. The SMILES string of the molecule is CCC(N)Cc1ccc(OCCC(N)=O)c(Br)c1. The molecule has 1 unspecified atom stereocenters. The molecule has 1 rings (SSSR count). The van der Waals surface area contributed by atoms with Crippen molar-refractivity contribution in [3.63, 3.8) is 0 Å².